The number of nitriles is 1. The Labute approximate surface area is 196 Å². The number of hydrogen-bond donors (Lipinski definition) is 0. The molecule has 0 bridgehead atoms. The summed E-state index contributed by atoms with van der Waals surface area (Å²) in [4.78, 5) is 36.7. The van der Waals surface area contributed by atoms with Crippen LogP contribution in [0.3, 0.4) is 0 Å². The van der Waals surface area contributed by atoms with Gasteiger partial charge in [-0.25, -0.2) is 14.3 Å². The summed E-state index contributed by atoms with van der Waals surface area (Å²) in [5, 5.41) is 9.08. The monoisotopic (exact) mass is 453 g/mol. The predicted molar refractivity (Wildman–Crippen MR) is 125 cm³/mol. The number of hydrogen-bond acceptors (Lipinski definition) is 6. The molecule has 3 aromatic rings. The smallest absolute Gasteiger partial charge is 0.282 e. The summed E-state index contributed by atoms with van der Waals surface area (Å²) in [6.45, 7) is 2.32. The van der Waals surface area contributed by atoms with E-state index in [2.05, 4.69) is 9.88 Å². The summed E-state index contributed by atoms with van der Waals surface area (Å²) in [7, 11) is 0. The van der Waals surface area contributed by atoms with Gasteiger partial charge in [0.05, 0.1) is 22.9 Å². The third-order valence-electron chi connectivity index (χ3n) is 6.02. The molecule has 0 unspecified atom stereocenters. The lowest BCUT2D eigenvalue weighted by atomic mass is 10.0. The first-order valence-corrected chi connectivity index (χ1v) is 10.9. The van der Waals surface area contributed by atoms with Gasteiger partial charge in [0.1, 0.15) is 17.3 Å². The van der Waals surface area contributed by atoms with E-state index in [1.165, 1.54) is 24.3 Å². The fraction of sp³-hybridized carbons (Fsp3) is 0.154. The number of aromatic nitrogens is 1. The van der Waals surface area contributed by atoms with Gasteiger partial charge in [-0.05, 0) is 54.1 Å². The van der Waals surface area contributed by atoms with E-state index in [4.69, 9.17) is 5.26 Å². The van der Waals surface area contributed by atoms with Gasteiger partial charge in [0, 0.05) is 32.4 Å². The molecule has 1 fully saturated rings. The second-order valence-corrected chi connectivity index (χ2v) is 8.00. The lowest BCUT2D eigenvalue weighted by Gasteiger charge is -2.37. The number of carbonyl (C=O) groups is 2. The molecular formula is C26H20FN5O2. The zero-order chi connectivity index (χ0) is 23.7. The van der Waals surface area contributed by atoms with Crippen LogP contribution >= 0.6 is 0 Å². The first-order valence-electron chi connectivity index (χ1n) is 10.9. The van der Waals surface area contributed by atoms with Gasteiger partial charge < -0.3 is 9.80 Å². The molecule has 0 N–H and O–H groups in total. The van der Waals surface area contributed by atoms with Crippen LogP contribution in [-0.2, 0) is 9.59 Å². The minimum Gasteiger partial charge on any atom is -0.363 e. The molecule has 168 valence electrons. The van der Waals surface area contributed by atoms with E-state index in [1.54, 1.807) is 30.5 Å². The van der Waals surface area contributed by atoms with Crippen molar-refractivity contribution in [3.8, 4) is 6.07 Å². The van der Waals surface area contributed by atoms with Gasteiger partial charge >= 0.3 is 0 Å². The number of imide groups is 1. The molecule has 0 atom stereocenters. The molecule has 2 aliphatic heterocycles. The first-order chi connectivity index (χ1) is 16.6. The van der Waals surface area contributed by atoms with Crippen LogP contribution in [-0.4, -0.2) is 47.9 Å². The summed E-state index contributed by atoms with van der Waals surface area (Å²) < 4.78 is 13.6. The zero-order valence-corrected chi connectivity index (χ0v) is 18.2. The van der Waals surface area contributed by atoms with E-state index in [0.717, 1.165) is 10.7 Å². The lowest BCUT2D eigenvalue weighted by molar-refractivity contribution is -0.120. The third-order valence-corrected chi connectivity index (χ3v) is 6.02. The maximum absolute atomic E-state index is 13.6. The van der Waals surface area contributed by atoms with E-state index < -0.39 is 17.6 Å². The van der Waals surface area contributed by atoms with Crippen LogP contribution in [0.25, 0.3) is 5.57 Å². The molecule has 8 heteroatoms. The van der Waals surface area contributed by atoms with Crippen molar-refractivity contribution >= 4 is 28.9 Å². The molecule has 3 heterocycles. The molecule has 34 heavy (non-hydrogen) atoms. The first kappa shape index (κ1) is 21.3. The Hall–Kier alpha value is -4.51. The number of carbonyl (C=O) groups excluding carboxylic acids is 2. The summed E-state index contributed by atoms with van der Waals surface area (Å²) in [5.74, 6) is -0.456. The maximum Gasteiger partial charge on any atom is 0.282 e. The molecule has 2 aromatic carbocycles. The SMILES string of the molecule is N#Cc1ccc(N2C(=O)C(c3ccc(F)cc3)=C(N3CCN(c4ccccn4)CC3)C2=O)cc1. The van der Waals surface area contributed by atoms with E-state index >= 15 is 0 Å². The van der Waals surface area contributed by atoms with Crippen molar-refractivity contribution in [2.75, 3.05) is 36.0 Å². The van der Waals surface area contributed by atoms with Crippen LogP contribution in [0, 0.1) is 17.1 Å². The second-order valence-electron chi connectivity index (χ2n) is 8.00. The molecule has 5 rings (SSSR count). The molecule has 0 saturated carbocycles. The van der Waals surface area contributed by atoms with Crippen molar-refractivity contribution in [2.45, 2.75) is 0 Å². The molecule has 0 spiro atoms. The average molecular weight is 453 g/mol. The fourth-order valence-corrected chi connectivity index (χ4v) is 4.31. The Kier molecular flexibility index (Phi) is 5.52. The molecule has 1 aromatic heterocycles. The molecule has 0 radical (unpaired) electrons. The molecule has 2 amide bonds. The van der Waals surface area contributed by atoms with Crippen LogP contribution < -0.4 is 9.80 Å². The van der Waals surface area contributed by atoms with E-state index in [-0.39, 0.29) is 5.57 Å². The quantitative estimate of drug-likeness (QED) is 0.565. The van der Waals surface area contributed by atoms with Crippen LogP contribution in [0.2, 0.25) is 0 Å². The number of benzene rings is 2. The third kappa shape index (κ3) is 3.77. The van der Waals surface area contributed by atoms with Crippen molar-refractivity contribution in [1.82, 2.24) is 9.88 Å². The number of halogens is 1. The molecular weight excluding hydrogens is 433 g/mol. The highest BCUT2D eigenvalue weighted by Gasteiger charge is 2.43. The molecule has 2 aliphatic rings. The summed E-state index contributed by atoms with van der Waals surface area (Å²) in [5.41, 5.74) is 1.86. The van der Waals surface area contributed by atoms with Gasteiger partial charge in [-0.2, -0.15) is 5.26 Å². The Morgan fingerprint density at radius 3 is 2.12 bits per heavy atom. The number of piperazine rings is 1. The van der Waals surface area contributed by atoms with Crippen LogP contribution in [0.4, 0.5) is 15.9 Å². The highest BCUT2D eigenvalue weighted by Crippen LogP contribution is 2.35. The van der Waals surface area contributed by atoms with Gasteiger partial charge in [0.25, 0.3) is 11.8 Å². The van der Waals surface area contributed by atoms with Crippen LogP contribution in [0.5, 0.6) is 0 Å². The van der Waals surface area contributed by atoms with Crippen molar-refractivity contribution < 1.29 is 14.0 Å². The van der Waals surface area contributed by atoms with Crippen molar-refractivity contribution in [2.24, 2.45) is 0 Å². The van der Waals surface area contributed by atoms with Crippen molar-refractivity contribution in [3.63, 3.8) is 0 Å². The number of rotatable bonds is 4. The minimum atomic E-state index is -0.469. The second kappa shape index (κ2) is 8.79. The summed E-state index contributed by atoms with van der Waals surface area (Å²) >= 11 is 0. The number of anilines is 2. The van der Waals surface area contributed by atoms with Crippen LogP contribution in [0.15, 0.2) is 78.6 Å². The number of pyridine rings is 1. The number of nitrogens with zero attached hydrogens (tertiary/aromatic N) is 5. The largest absolute Gasteiger partial charge is 0.363 e. The standard InChI is InChI=1S/C26H20FN5O2/c27-20-8-6-19(7-9-20)23-24(31-15-13-30(14-16-31)22-3-1-2-12-29-22)26(34)32(25(23)33)21-10-4-18(17-28)5-11-21/h1-12H,13-16H2. The maximum atomic E-state index is 13.6. The highest BCUT2D eigenvalue weighted by molar-refractivity contribution is 6.45. The van der Waals surface area contributed by atoms with Gasteiger partial charge in [0.2, 0.25) is 0 Å². The lowest BCUT2D eigenvalue weighted by Crippen LogP contribution is -2.48. The summed E-state index contributed by atoms with van der Waals surface area (Å²) in [6, 6.07) is 19.7. The van der Waals surface area contributed by atoms with E-state index in [9.17, 15) is 14.0 Å². The molecule has 0 aliphatic carbocycles. The molecule has 1 saturated heterocycles. The van der Waals surface area contributed by atoms with Gasteiger partial charge in [-0.1, -0.05) is 18.2 Å². The number of amides is 2. The Balaban J connectivity index is 1.50. The zero-order valence-electron chi connectivity index (χ0n) is 18.2. The van der Waals surface area contributed by atoms with Gasteiger partial charge in [0.15, 0.2) is 0 Å². The van der Waals surface area contributed by atoms with Gasteiger partial charge in [-0.15, -0.1) is 0 Å². The summed E-state index contributed by atoms with van der Waals surface area (Å²) in [6.07, 6.45) is 1.74. The van der Waals surface area contributed by atoms with E-state index in [1.807, 2.05) is 29.2 Å². The van der Waals surface area contributed by atoms with Crippen molar-refractivity contribution in [3.05, 3.63) is 95.6 Å². The van der Waals surface area contributed by atoms with Crippen LogP contribution in [0.1, 0.15) is 11.1 Å². The van der Waals surface area contributed by atoms with E-state index in [0.29, 0.717) is 48.7 Å². The Morgan fingerprint density at radius 1 is 0.824 bits per heavy atom. The normalized spacial score (nSPS) is 16.3. The minimum absolute atomic E-state index is 0.251. The molecule has 7 nitrogen and oxygen atoms in total. The topological polar surface area (TPSA) is 80.5 Å². The predicted octanol–water partition coefficient (Wildman–Crippen LogP) is 3.20. The van der Waals surface area contributed by atoms with Gasteiger partial charge in [-0.3, -0.25) is 9.59 Å². The Bertz CT molecular complexity index is 1310. The average Bonchev–Trinajstić information content (AvgIpc) is 3.15. The highest BCUT2D eigenvalue weighted by atomic mass is 19.1. The van der Waals surface area contributed by atoms with Crippen molar-refractivity contribution in [1.29, 1.82) is 5.26 Å². The Morgan fingerprint density at radius 2 is 1.50 bits per heavy atom. The fourth-order valence-electron chi connectivity index (χ4n) is 4.31.